The van der Waals surface area contributed by atoms with E-state index < -0.39 is 23.6 Å². The first-order valence-corrected chi connectivity index (χ1v) is 8.63. The van der Waals surface area contributed by atoms with Crippen LogP contribution in [0.15, 0.2) is 36.4 Å². The summed E-state index contributed by atoms with van der Waals surface area (Å²) in [5.74, 6) is -1.36. The molecule has 3 rings (SSSR count). The fourth-order valence-corrected chi connectivity index (χ4v) is 3.47. The van der Waals surface area contributed by atoms with Crippen molar-refractivity contribution in [1.82, 2.24) is 9.78 Å². The van der Waals surface area contributed by atoms with E-state index in [1.54, 1.807) is 6.92 Å². The molecule has 1 aromatic carbocycles. The molecule has 0 bridgehead atoms. The third-order valence-corrected chi connectivity index (χ3v) is 4.81. The SMILES string of the molecule is CCn1nc(C(F)(F)F)cc1-c1sc(NC(=O)c2ccccc2F)cc1N. The van der Waals surface area contributed by atoms with E-state index >= 15 is 0 Å². The number of nitrogen functional groups attached to an aromatic ring is 1. The summed E-state index contributed by atoms with van der Waals surface area (Å²) in [6.07, 6.45) is -4.58. The number of amides is 1. The Labute approximate surface area is 155 Å². The summed E-state index contributed by atoms with van der Waals surface area (Å²) >= 11 is 0.987. The van der Waals surface area contributed by atoms with Crippen molar-refractivity contribution in [2.75, 3.05) is 11.1 Å². The van der Waals surface area contributed by atoms with Gasteiger partial charge in [-0.25, -0.2) is 4.39 Å². The van der Waals surface area contributed by atoms with E-state index in [4.69, 9.17) is 5.73 Å². The second-order valence-corrected chi connectivity index (χ2v) is 6.61. The van der Waals surface area contributed by atoms with Gasteiger partial charge in [0.1, 0.15) is 5.82 Å². The number of carbonyl (C=O) groups excluding carboxylic acids is 1. The van der Waals surface area contributed by atoms with Crippen LogP contribution in [0.3, 0.4) is 0 Å². The number of aromatic nitrogens is 2. The molecule has 0 fully saturated rings. The molecule has 0 spiro atoms. The van der Waals surface area contributed by atoms with Gasteiger partial charge in [-0.05, 0) is 31.2 Å². The molecule has 0 aliphatic heterocycles. The fourth-order valence-electron chi connectivity index (χ4n) is 2.47. The van der Waals surface area contributed by atoms with Crippen LogP contribution >= 0.6 is 11.3 Å². The van der Waals surface area contributed by atoms with Crippen molar-refractivity contribution >= 4 is 27.9 Å². The molecule has 0 atom stereocenters. The molecule has 0 aliphatic carbocycles. The summed E-state index contributed by atoms with van der Waals surface area (Å²) in [5, 5.41) is 6.35. The Morgan fingerprint density at radius 1 is 1.30 bits per heavy atom. The van der Waals surface area contributed by atoms with Gasteiger partial charge in [0.05, 0.1) is 26.8 Å². The van der Waals surface area contributed by atoms with Gasteiger partial charge in [0, 0.05) is 6.54 Å². The van der Waals surface area contributed by atoms with E-state index in [0.717, 1.165) is 23.5 Å². The van der Waals surface area contributed by atoms with Crippen LogP contribution in [0.5, 0.6) is 0 Å². The lowest BCUT2D eigenvalue weighted by Crippen LogP contribution is -2.12. The number of rotatable bonds is 4. The first-order chi connectivity index (χ1) is 12.7. The second-order valence-electron chi connectivity index (χ2n) is 5.56. The third-order valence-electron chi connectivity index (χ3n) is 3.72. The number of alkyl halides is 3. The molecular weight excluding hydrogens is 384 g/mol. The second kappa shape index (κ2) is 7.03. The standard InChI is InChI=1S/C17H14F4N4OS/c1-2-25-12(8-13(24-25)17(19,20)21)15-11(22)7-14(27-15)23-16(26)9-5-3-4-6-10(9)18/h3-8H,2,22H2,1H3,(H,23,26). The van der Waals surface area contributed by atoms with E-state index in [2.05, 4.69) is 10.4 Å². The molecular formula is C17H14F4N4OS. The molecule has 0 radical (unpaired) electrons. The third kappa shape index (κ3) is 3.80. The number of carbonyl (C=O) groups is 1. The van der Waals surface area contributed by atoms with Crippen molar-refractivity contribution in [3.63, 3.8) is 0 Å². The molecule has 3 aromatic rings. The number of nitrogens with zero attached hydrogens (tertiary/aromatic N) is 2. The molecule has 1 amide bonds. The van der Waals surface area contributed by atoms with Crippen molar-refractivity contribution in [3.8, 4) is 10.6 Å². The number of hydrogen-bond acceptors (Lipinski definition) is 4. The first-order valence-electron chi connectivity index (χ1n) is 7.81. The summed E-state index contributed by atoms with van der Waals surface area (Å²) < 4.78 is 53.7. The van der Waals surface area contributed by atoms with Crippen LogP contribution in [0.1, 0.15) is 23.0 Å². The molecule has 0 saturated heterocycles. The summed E-state index contributed by atoms with van der Waals surface area (Å²) in [7, 11) is 0. The van der Waals surface area contributed by atoms with E-state index in [0.29, 0.717) is 4.88 Å². The predicted octanol–water partition coefficient (Wildman–Crippen LogP) is 4.62. The molecule has 27 heavy (non-hydrogen) atoms. The van der Waals surface area contributed by atoms with E-state index in [1.165, 1.54) is 28.9 Å². The number of aryl methyl sites for hydroxylation is 1. The minimum absolute atomic E-state index is 0.149. The van der Waals surface area contributed by atoms with Crippen molar-refractivity contribution in [3.05, 3.63) is 53.5 Å². The van der Waals surface area contributed by atoms with Gasteiger partial charge in [-0.15, -0.1) is 11.3 Å². The van der Waals surface area contributed by atoms with Crippen LogP contribution < -0.4 is 11.1 Å². The maximum Gasteiger partial charge on any atom is 0.435 e. The minimum atomic E-state index is -4.58. The summed E-state index contributed by atoms with van der Waals surface area (Å²) in [6, 6.07) is 7.78. The largest absolute Gasteiger partial charge is 0.435 e. The van der Waals surface area contributed by atoms with Crippen molar-refractivity contribution in [1.29, 1.82) is 0 Å². The lowest BCUT2D eigenvalue weighted by atomic mass is 10.2. The zero-order chi connectivity index (χ0) is 19.8. The Balaban J connectivity index is 1.93. The Hall–Kier alpha value is -2.88. The highest BCUT2D eigenvalue weighted by molar-refractivity contribution is 7.20. The van der Waals surface area contributed by atoms with Gasteiger partial charge in [-0.2, -0.15) is 18.3 Å². The molecule has 142 valence electrons. The van der Waals surface area contributed by atoms with E-state index in [1.807, 2.05) is 0 Å². The minimum Gasteiger partial charge on any atom is -0.397 e. The molecule has 0 saturated carbocycles. The zero-order valence-electron chi connectivity index (χ0n) is 14.0. The zero-order valence-corrected chi connectivity index (χ0v) is 14.8. The van der Waals surface area contributed by atoms with Crippen LogP contribution in [0.25, 0.3) is 10.6 Å². The maximum atomic E-state index is 13.7. The number of thiophene rings is 1. The summed E-state index contributed by atoms with van der Waals surface area (Å²) in [6.45, 7) is 1.86. The number of nitrogens with two attached hydrogens (primary N) is 1. The summed E-state index contributed by atoms with van der Waals surface area (Å²) in [4.78, 5) is 12.5. The van der Waals surface area contributed by atoms with Crippen LogP contribution in [0.2, 0.25) is 0 Å². The van der Waals surface area contributed by atoms with Gasteiger partial charge >= 0.3 is 6.18 Å². The highest BCUT2D eigenvalue weighted by Crippen LogP contribution is 2.40. The number of nitrogens with one attached hydrogen (secondary N) is 1. The average Bonchev–Trinajstić information content (AvgIpc) is 3.18. The number of halogens is 4. The number of benzene rings is 1. The highest BCUT2D eigenvalue weighted by atomic mass is 32.1. The normalized spacial score (nSPS) is 11.6. The molecule has 2 heterocycles. The van der Waals surface area contributed by atoms with Crippen LogP contribution in [-0.4, -0.2) is 15.7 Å². The highest BCUT2D eigenvalue weighted by Gasteiger charge is 2.35. The lowest BCUT2D eigenvalue weighted by molar-refractivity contribution is -0.141. The smallest absolute Gasteiger partial charge is 0.397 e. The molecule has 0 unspecified atom stereocenters. The van der Waals surface area contributed by atoms with E-state index in [-0.39, 0.29) is 28.5 Å². The summed E-state index contributed by atoms with van der Waals surface area (Å²) in [5.41, 5.74) is 5.13. The fraction of sp³-hybridized carbons (Fsp3) is 0.176. The van der Waals surface area contributed by atoms with Gasteiger partial charge in [-0.3, -0.25) is 9.48 Å². The van der Waals surface area contributed by atoms with Gasteiger partial charge in [0.15, 0.2) is 5.69 Å². The molecule has 2 aromatic heterocycles. The van der Waals surface area contributed by atoms with Gasteiger partial charge in [0.25, 0.3) is 5.91 Å². The van der Waals surface area contributed by atoms with Crippen molar-refractivity contribution in [2.45, 2.75) is 19.6 Å². The van der Waals surface area contributed by atoms with Gasteiger partial charge in [-0.1, -0.05) is 12.1 Å². The predicted molar refractivity (Wildman–Crippen MR) is 95.0 cm³/mol. The Kier molecular flexibility index (Phi) is 4.92. The Morgan fingerprint density at radius 3 is 2.63 bits per heavy atom. The molecule has 3 N–H and O–H groups in total. The monoisotopic (exact) mass is 398 g/mol. The average molecular weight is 398 g/mol. The molecule has 10 heteroatoms. The van der Waals surface area contributed by atoms with Gasteiger partial charge < -0.3 is 11.1 Å². The Morgan fingerprint density at radius 2 is 2.00 bits per heavy atom. The van der Waals surface area contributed by atoms with Crippen LogP contribution in [0.4, 0.5) is 28.3 Å². The molecule has 0 aliphatic rings. The first kappa shape index (κ1) is 18.9. The maximum absolute atomic E-state index is 13.7. The Bertz CT molecular complexity index is 993. The quantitative estimate of drug-likeness (QED) is 0.630. The number of anilines is 2. The van der Waals surface area contributed by atoms with Crippen LogP contribution in [0, 0.1) is 5.82 Å². The molecule has 5 nitrogen and oxygen atoms in total. The topological polar surface area (TPSA) is 72.9 Å². The van der Waals surface area contributed by atoms with Crippen molar-refractivity contribution < 1.29 is 22.4 Å². The van der Waals surface area contributed by atoms with Crippen molar-refractivity contribution in [2.24, 2.45) is 0 Å². The lowest BCUT2D eigenvalue weighted by Gasteiger charge is -2.04. The van der Waals surface area contributed by atoms with E-state index in [9.17, 15) is 22.4 Å². The number of hydrogen-bond donors (Lipinski definition) is 2. The van der Waals surface area contributed by atoms with Gasteiger partial charge in [0.2, 0.25) is 0 Å². The van der Waals surface area contributed by atoms with Crippen LogP contribution in [-0.2, 0) is 12.7 Å².